The standard InChI is InChI=1S/C15H28N2O3/c1-19-9-10-20-8-4-7-16-15(18)14-11-12-5-2-3-6-13(12)17-14/h12-14,17H,2-11H2,1H3,(H,16,18). The van der Waals surface area contributed by atoms with Gasteiger partial charge in [-0.05, 0) is 31.6 Å². The van der Waals surface area contributed by atoms with Gasteiger partial charge in [0.15, 0.2) is 0 Å². The van der Waals surface area contributed by atoms with Gasteiger partial charge in [0.1, 0.15) is 0 Å². The quantitative estimate of drug-likeness (QED) is 0.655. The van der Waals surface area contributed by atoms with E-state index in [1.54, 1.807) is 7.11 Å². The SMILES string of the molecule is COCCOCCCNC(=O)C1CC2CCCCC2N1. The Balaban J connectivity index is 1.54. The van der Waals surface area contributed by atoms with Crippen LogP contribution in [0.1, 0.15) is 38.5 Å². The molecule has 1 saturated carbocycles. The number of carbonyl (C=O) groups is 1. The van der Waals surface area contributed by atoms with Crippen LogP contribution in [0.3, 0.4) is 0 Å². The summed E-state index contributed by atoms with van der Waals surface area (Å²) in [6.07, 6.45) is 7.03. The van der Waals surface area contributed by atoms with Crippen LogP contribution in [0.2, 0.25) is 0 Å². The summed E-state index contributed by atoms with van der Waals surface area (Å²) < 4.78 is 10.3. The molecule has 0 bridgehead atoms. The second-order valence-corrected chi connectivity index (χ2v) is 5.86. The molecule has 0 aromatic carbocycles. The number of hydrogen-bond acceptors (Lipinski definition) is 4. The molecule has 5 nitrogen and oxygen atoms in total. The van der Waals surface area contributed by atoms with Gasteiger partial charge >= 0.3 is 0 Å². The first-order valence-electron chi connectivity index (χ1n) is 7.91. The van der Waals surface area contributed by atoms with E-state index in [2.05, 4.69) is 10.6 Å². The van der Waals surface area contributed by atoms with Crippen molar-refractivity contribution in [2.75, 3.05) is 33.5 Å². The molecule has 20 heavy (non-hydrogen) atoms. The second-order valence-electron chi connectivity index (χ2n) is 5.86. The largest absolute Gasteiger partial charge is 0.382 e. The Morgan fingerprint density at radius 1 is 1.25 bits per heavy atom. The molecule has 0 radical (unpaired) electrons. The zero-order valence-corrected chi connectivity index (χ0v) is 12.5. The molecule has 2 N–H and O–H groups in total. The highest BCUT2D eigenvalue weighted by Gasteiger charge is 2.37. The van der Waals surface area contributed by atoms with Crippen LogP contribution in [0.15, 0.2) is 0 Å². The van der Waals surface area contributed by atoms with Gasteiger partial charge in [0.2, 0.25) is 5.91 Å². The normalized spacial score (nSPS) is 29.1. The van der Waals surface area contributed by atoms with E-state index in [4.69, 9.17) is 9.47 Å². The molecule has 5 heteroatoms. The number of carbonyl (C=O) groups excluding carboxylic acids is 1. The predicted octanol–water partition coefficient (Wildman–Crippen LogP) is 1.08. The maximum Gasteiger partial charge on any atom is 0.237 e. The molecule has 3 unspecified atom stereocenters. The fourth-order valence-electron chi connectivity index (χ4n) is 3.27. The number of nitrogens with one attached hydrogen (secondary N) is 2. The van der Waals surface area contributed by atoms with E-state index in [9.17, 15) is 4.79 Å². The summed E-state index contributed by atoms with van der Waals surface area (Å²) in [5, 5.41) is 6.51. The molecule has 3 atom stereocenters. The summed E-state index contributed by atoms with van der Waals surface area (Å²) in [6, 6.07) is 0.606. The average Bonchev–Trinajstić information content (AvgIpc) is 2.90. The smallest absolute Gasteiger partial charge is 0.237 e. The third kappa shape index (κ3) is 4.72. The Hall–Kier alpha value is -0.650. The molecule has 2 aliphatic rings. The van der Waals surface area contributed by atoms with Gasteiger partial charge in [-0.25, -0.2) is 0 Å². The van der Waals surface area contributed by atoms with Crippen LogP contribution in [0.4, 0.5) is 0 Å². The Labute approximate surface area is 121 Å². The molecule has 116 valence electrons. The van der Waals surface area contributed by atoms with Gasteiger partial charge in [0.05, 0.1) is 19.3 Å². The monoisotopic (exact) mass is 284 g/mol. The minimum absolute atomic E-state index is 0.0255. The summed E-state index contributed by atoms with van der Waals surface area (Å²) in [6.45, 7) is 2.62. The minimum Gasteiger partial charge on any atom is -0.382 e. The average molecular weight is 284 g/mol. The molecule has 1 aliphatic heterocycles. The highest BCUT2D eigenvalue weighted by molar-refractivity contribution is 5.82. The molecule has 1 saturated heterocycles. The van der Waals surface area contributed by atoms with Gasteiger partial charge in [-0.3, -0.25) is 4.79 Å². The maximum absolute atomic E-state index is 12.1. The van der Waals surface area contributed by atoms with Crippen molar-refractivity contribution in [2.24, 2.45) is 5.92 Å². The number of hydrogen-bond donors (Lipinski definition) is 2. The molecular formula is C15H28N2O3. The van der Waals surface area contributed by atoms with Crippen molar-refractivity contribution in [3.05, 3.63) is 0 Å². The summed E-state index contributed by atoms with van der Waals surface area (Å²) in [5.74, 6) is 0.883. The van der Waals surface area contributed by atoms with E-state index >= 15 is 0 Å². The third-order valence-electron chi connectivity index (χ3n) is 4.38. The van der Waals surface area contributed by atoms with Gasteiger partial charge in [-0.2, -0.15) is 0 Å². The van der Waals surface area contributed by atoms with Crippen molar-refractivity contribution in [2.45, 2.75) is 50.6 Å². The first kappa shape index (κ1) is 15.7. The fraction of sp³-hybridized carbons (Fsp3) is 0.933. The Kier molecular flexibility index (Phi) is 6.76. The highest BCUT2D eigenvalue weighted by atomic mass is 16.5. The van der Waals surface area contributed by atoms with Gasteiger partial charge in [-0.1, -0.05) is 12.8 Å². The van der Waals surface area contributed by atoms with Crippen molar-refractivity contribution in [3.8, 4) is 0 Å². The molecule has 2 rings (SSSR count). The zero-order chi connectivity index (χ0) is 14.2. The molecule has 0 aromatic rings. The first-order valence-corrected chi connectivity index (χ1v) is 7.91. The van der Waals surface area contributed by atoms with Gasteiger partial charge in [0, 0.05) is 26.3 Å². The van der Waals surface area contributed by atoms with E-state index in [0.29, 0.717) is 32.4 Å². The van der Waals surface area contributed by atoms with Crippen LogP contribution in [-0.2, 0) is 14.3 Å². The topological polar surface area (TPSA) is 59.6 Å². The third-order valence-corrected chi connectivity index (χ3v) is 4.38. The molecule has 0 aromatic heterocycles. The minimum atomic E-state index is 0.0255. The molecule has 1 aliphatic carbocycles. The van der Waals surface area contributed by atoms with E-state index in [0.717, 1.165) is 18.8 Å². The predicted molar refractivity (Wildman–Crippen MR) is 77.6 cm³/mol. The molecule has 1 amide bonds. The molecule has 2 fully saturated rings. The van der Waals surface area contributed by atoms with Crippen LogP contribution in [-0.4, -0.2) is 51.5 Å². The second kappa shape index (κ2) is 8.60. The van der Waals surface area contributed by atoms with E-state index in [1.165, 1.54) is 25.7 Å². The number of fused-ring (bicyclic) bond motifs is 1. The lowest BCUT2D eigenvalue weighted by Gasteiger charge is -2.24. The van der Waals surface area contributed by atoms with Crippen LogP contribution in [0.25, 0.3) is 0 Å². The van der Waals surface area contributed by atoms with Crippen molar-refractivity contribution >= 4 is 5.91 Å². The van der Waals surface area contributed by atoms with Gasteiger partial charge < -0.3 is 20.1 Å². The number of rotatable bonds is 8. The van der Waals surface area contributed by atoms with Crippen LogP contribution in [0.5, 0.6) is 0 Å². The lowest BCUT2D eigenvalue weighted by Crippen LogP contribution is -2.43. The molecule has 0 spiro atoms. The van der Waals surface area contributed by atoms with Gasteiger partial charge in [0.25, 0.3) is 0 Å². The maximum atomic E-state index is 12.1. The van der Waals surface area contributed by atoms with Crippen LogP contribution in [0, 0.1) is 5.92 Å². The van der Waals surface area contributed by atoms with E-state index in [-0.39, 0.29) is 11.9 Å². The summed E-state index contributed by atoms with van der Waals surface area (Å²) in [7, 11) is 1.66. The molecular weight excluding hydrogens is 256 g/mol. The summed E-state index contributed by atoms with van der Waals surface area (Å²) >= 11 is 0. The van der Waals surface area contributed by atoms with Crippen LogP contribution < -0.4 is 10.6 Å². The Bertz CT molecular complexity index is 285. The zero-order valence-electron chi connectivity index (χ0n) is 12.5. The van der Waals surface area contributed by atoms with Crippen molar-refractivity contribution in [1.82, 2.24) is 10.6 Å². The number of ether oxygens (including phenoxy) is 2. The highest BCUT2D eigenvalue weighted by Crippen LogP contribution is 2.33. The van der Waals surface area contributed by atoms with E-state index < -0.39 is 0 Å². The summed E-state index contributed by atoms with van der Waals surface area (Å²) in [4.78, 5) is 12.1. The van der Waals surface area contributed by atoms with E-state index in [1.807, 2.05) is 0 Å². The molecule has 1 heterocycles. The lowest BCUT2D eigenvalue weighted by atomic mass is 9.85. The number of methoxy groups -OCH3 is 1. The fourth-order valence-corrected chi connectivity index (χ4v) is 3.27. The number of amides is 1. The van der Waals surface area contributed by atoms with Crippen molar-refractivity contribution in [3.63, 3.8) is 0 Å². The lowest BCUT2D eigenvalue weighted by molar-refractivity contribution is -0.122. The summed E-state index contributed by atoms with van der Waals surface area (Å²) in [5.41, 5.74) is 0. The Morgan fingerprint density at radius 3 is 2.90 bits per heavy atom. The van der Waals surface area contributed by atoms with Gasteiger partial charge in [-0.15, -0.1) is 0 Å². The van der Waals surface area contributed by atoms with Crippen molar-refractivity contribution in [1.29, 1.82) is 0 Å². The Morgan fingerprint density at radius 2 is 2.10 bits per heavy atom. The van der Waals surface area contributed by atoms with Crippen molar-refractivity contribution < 1.29 is 14.3 Å². The van der Waals surface area contributed by atoms with Crippen LogP contribution >= 0.6 is 0 Å². The first-order chi connectivity index (χ1) is 9.81.